The molecule has 1 N–H and O–H groups in total. The van der Waals surface area contributed by atoms with Crippen molar-refractivity contribution in [2.75, 3.05) is 18.0 Å². The van der Waals surface area contributed by atoms with Gasteiger partial charge in [0.1, 0.15) is 0 Å². The van der Waals surface area contributed by atoms with Gasteiger partial charge in [0.05, 0.1) is 5.56 Å². The highest BCUT2D eigenvalue weighted by Crippen LogP contribution is 2.46. The quantitative estimate of drug-likeness (QED) is 0.884. The number of anilines is 1. The van der Waals surface area contributed by atoms with Gasteiger partial charge in [-0.15, -0.1) is 0 Å². The molecule has 0 radical (unpaired) electrons. The first-order valence-corrected chi connectivity index (χ1v) is 7.19. The number of aromatic carboxylic acids is 1. The fourth-order valence-corrected chi connectivity index (χ4v) is 3.75. The highest BCUT2D eigenvalue weighted by atomic mass is 16.4. The molecule has 2 aliphatic rings. The molecular formula is C16H21NO2. The van der Waals surface area contributed by atoms with Crippen LogP contribution in [0.4, 0.5) is 5.69 Å². The Morgan fingerprint density at radius 2 is 1.89 bits per heavy atom. The first-order chi connectivity index (χ1) is 9.11. The van der Waals surface area contributed by atoms with Gasteiger partial charge >= 0.3 is 5.97 Å². The normalized spacial score (nSPS) is 21.2. The number of hydrogen-bond donors (Lipinski definition) is 1. The Balaban J connectivity index is 1.78. The smallest absolute Gasteiger partial charge is 0.336 e. The molecular weight excluding hydrogens is 238 g/mol. The average molecular weight is 259 g/mol. The van der Waals surface area contributed by atoms with Gasteiger partial charge in [0.25, 0.3) is 0 Å². The Morgan fingerprint density at radius 1 is 1.21 bits per heavy atom. The van der Waals surface area contributed by atoms with Crippen molar-refractivity contribution in [1.82, 2.24) is 0 Å². The van der Waals surface area contributed by atoms with Gasteiger partial charge in [-0.1, -0.05) is 25.3 Å². The standard InChI is InChI=1S/C16H21NO2/c1-12-13(15(18)19)6-5-7-14(12)17-10-16(11-17)8-3-2-4-9-16/h5-7H,2-4,8-11H2,1H3,(H,18,19). The van der Waals surface area contributed by atoms with E-state index in [4.69, 9.17) is 0 Å². The van der Waals surface area contributed by atoms with Crippen LogP contribution in [0.25, 0.3) is 0 Å². The van der Waals surface area contributed by atoms with Gasteiger partial charge < -0.3 is 10.0 Å². The topological polar surface area (TPSA) is 40.5 Å². The van der Waals surface area contributed by atoms with Gasteiger partial charge in [0.2, 0.25) is 0 Å². The van der Waals surface area contributed by atoms with Crippen LogP contribution in [-0.2, 0) is 0 Å². The van der Waals surface area contributed by atoms with Crippen molar-refractivity contribution in [3.8, 4) is 0 Å². The summed E-state index contributed by atoms with van der Waals surface area (Å²) in [6, 6.07) is 5.60. The van der Waals surface area contributed by atoms with E-state index in [9.17, 15) is 9.90 Å². The van der Waals surface area contributed by atoms with Crippen molar-refractivity contribution < 1.29 is 9.90 Å². The highest BCUT2D eigenvalue weighted by molar-refractivity contribution is 5.91. The summed E-state index contributed by atoms with van der Waals surface area (Å²) in [6.07, 6.45) is 6.81. The zero-order valence-electron chi connectivity index (χ0n) is 11.5. The van der Waals surface area contributed by atoms with Gasteiger partial charge in [-0.3, -0.25) is 0 Å². The van der Waals surface area contributed by atoms with E-state index in [0.29, 0.717) is 11.0 Å². The van der Waals surface area contributed by atoms with Crippen LogP contribution >= 0.6 is 0 Å². The number of rotatable bonds is 2. The molecule has 1 aromatic carbocycles. The van der Waals surface area contributed by atoms with Crippen molar-refractivity contribution in [1.29, 1.82) is 0 Å². The molecule has 1 saturated carbocycles. The summed E-state index contributed by atoms with van der Waals surface area (Å²) in [5.74, 6) is -0.827. The summed E-state index contributed by atoms with van der Waals surface area (Å²) in [4.78, 5) is 13.5. The first kappa shape index (κ1) is 12.5. The molecule has 1 aromatic rings. The van der Waals surface area contributed by atoms with Crippen LogP contribution in [0.15, 0.2) is 18.2 Å². The maximum atomic E-state index is 11.2. The van der Waals surface area contributed by atoms with Gasteiger partial charge in [0, 0.05) is 24.2 Å². The van der Waals surface area contributed by atoms with E-state index in [1.54, 1.807) is 6.07 Å². The Morgan fingerprint density at radius 3 is 2.53 bits per heavy atom. The molecule has 1 saturated heterocycles. The Kier molecular flexibility index (Phi) is 3.00. The predicted molar refractivity (Wildman–Crippen MR) is 75.9 cm³/mol. The summed E-state index contributed by atoms with van der Waals surface area (Å²) in [6.45, 7) is 4.14. The van der Waals surface area contributed by atoms with E-state index in [0.717, 1.165) is 24.3 Å². The number of hydrogen-bond acceptors (Lipinski definition) is 2. The molecule has 1 heterocycles. The molecule has 1 aliphatic carbocycles. The van der Waals surface area contributed by atoms with Crippen LogP contribution in [-0.4, -0.2) is 24.2 Å². The maximum Gasteiger partial charge on any atom is 0.336 e. The SMILES string of the molecule is Cc1c(C(=O)O)cccc1N1CC2(CCCCC2)C1. The number of nitrogens with zero attached hydrogens (tertiary/aromatic N) is 1. The van der Waals surface area contributed by atoms with Crippen LogP contribution in [0.2, 0.25) is 0 Å². The number of carbonyl (C=O) groups is 1. The van der Waals surface area contributed by atoms with Crippen molar-refractivity contribution >= 4 is 11.7 Å². The van der Waals surface area contributed by atoms with Gasteiger partial charge in [0.15, 0.2) is 0 Å². The monoisotopic (exact) mass is 259 g/mol. The van der Waals surface area contributed by atoms with E-state index in [-0.39, 0.29) is 0 Å². The van der Waals surface area contributed by atoms with Crippen molar-refractivity contribution in [2.45, 2.75) is 39.0 Å². The Hall–Kier alpha value is -1.51. The lowest BCUT2D eigenvalue weighted by molar-refractivity contribution is 0.0696. The van der Waals surface area contributed by atoms with Gasteiger partial charge in [-0.2, -0.15) is 0 Å². The van der Waals surface area contributed by atoms with Crippen molar-refractivity contribution in [3.05, 3.63) is 29.3 Å². The fraction of sp³-hybridized carbons (Fsp3) is 0.562. The molecule has 0 unspecified atom stereocenters. The van der Waals surface area contributed by atoms with Crippen molar-refractivity contribution in [3.63, 3.8) is 0 Å². The fourth-order valence-electron chi connectivity index (χ4n) is 3.75. The number of carboxylic acid groups (broad SMARTS) is 1. The van der Waals surface area contributed by atoms with Crippen LogP contribution in [0.3, 0.4) is 0 Å². The van der Waals surface area contributed by atoms with Crippen LogP contribution in [0, 0.1) is 12.3 Å². The molecule has 1 aliphatic heterocycles. The largest absolute Gasteiger partial charge is 0.478 e. The van der Waals surface area contributed by atoms with Crippen LogP contribution < -0.4 is 4.90 Å². The molecule has 3 heteroatoms. The Labute approximate surface area is 114 Å². The zero-order chi connectivity index (χ0) is 13.5. The highest BCUT2D eigenvalue weighted by Gasteiger charge is 2.43. The second-order valence-corrected chi connectivity index (χ2v) is 6.17. The summed E-state index contributed by atoms with van der Waals surface area (Å²) >= 11 is 0. The molecule has 19 heavy (non-hydrogen) atoms. The third-order valence-corrected chi connectivity index (χ3v) is 4.84. The first-order valence-electron chi connectivity index (χ1n) is 7.19. The average Bonchev–Trinajstić information content (AvgIpc) is 2.37. The number of carboxylic acids is 1. The molecule has 2 fully saturated rings. The summed E-state index contributed by atoms with van der Waals surface area (Å²) in [7, 11) is 0. The van der Waals surface area contributed by atoms with E-state index in [2.05, 4.69) is 11.0 Å². The third kappa shape index (κ3) is 2.11. The molecule has 102 valence electrons. The minimum Gasteiger partial charge on any atom is -0.478 e. The second kappa shape index (κ2) is 4.55. The molecule has 1 spiro atoms. The minimum atomic E-state index is -0.827. The molecule has 0 amide bonds. The molecule has 0 aromatic heterocycles. The molecule has 3 nitrogen and oxygen atoms in total. The predicted octanol–water partition coefficient (Wildman–Crippen LogP) is 3.46. The third-order valence-electron chi connectivity index (χ3n) is 4.84. The molecule has 0 bridgehead atoms. The van der Waals surface area contributed by atoms with Gasteiger partial charge in [-0.25, -0.2) is 4.79 Å². The van der Waals surface area contributed by atoms with Crippen molar-refractivity contribution in [2.24, 2.45) is 5.41 Å². The summed E-state index contributed by atoms with van der Waals surface area (Å²) in [5, 5.41) is 9.19. The zero-order valence-corrected chi connectivity index (χ0v) is 11.5. The minimum absolute atomic E-state index is 0.432. The summed E-state index contributed by atoms with van der Waals surface area (Å²) in [5.41, 5.74) is 2.98. The lowest BCUT2D eigenvalue weighted by Gasteiger charge is -2.54. The molecule has 0 atom stereocenters. The summed E-state index contributed by atoms with van der Waals surface area (Å²) < 4.78 is 0. The van der Waals surface area contributed by atoms with Gasteiger partial charge in [-0.05, 0) is 37.5 Å². The van der Waals surface area contributed by atoms with E-state index in [1.165, 1.54) is 32.1 Å². The van der Waals surface area contributed by atoms with E-state index in [1.807, 2.05) is 13.0 Å². The maximum absolute atomic E-state index is 11.2. The molecule has 3 rings (SSSR count). The Bertz CT molecular complexity index is 495. The van der Waals surface area contributed by atoms with E-state index < -0.39 is 5.97 Å². The van der Waals surface area contributed by atoms with Crippen LogP contribution in [0.1, 0.15) is 48.0 Å². The number of benzene rings is 1. The van der Waals surface area contributed by atoms with Crippen LogP contribution in [0.5, 0.6) is 0 Å². The second-order valence-electron chi connectivity index (χ2n) is 6.17. The van der Waals surface area contributed by atoms with E-state index >= 15 is 0 Å². The lowest BCUT2D eigenvalue weighted by atomic mass is 9.68. The lowest BCUT2D eigenvalue weighted by Crippen LogP contribution is -2.57.